The van der Waals surface area contributed by atoms with Crippen molar-refractivity contribution >= 4 is 28.3 Å². The molecule has 0 fully saturated rings. The molecule has 7 heteroatoms. The molecule has 154 valence electrons. The van der Waals surface area contributed by atoms with Crippen molar-refractivity contribution in [1.29, 1.82) is 0 Å². The predicted molar refractivity (Wildman–Crippen MR) is 117 cm³/mol. The van der Waals surface area contributed by atoms with Crippen molar-refractivity contribution in [1.82, 2.24) is 9.88 Å². The first-order valence-electron chi connectivity index (χ1n) is 9.82. The largest absolute Gasteiger partial charge is 0.484 e. The van der Waals surface area contributed by atoms with E-state index in [0.29, 0.717) is 36.0 Å². The van der Waals surface area contributed by atoms with Gasteiger partial charge in [-0.3, -0.25) is 14.9 Å². The van der Waals surface area contributed by atoms with Crippen LogP contribution in [0.5, 0.6) is 5.75 Å². The maximum atomic E-state index is 12.7. The number of hydrogen-bond acceptors (Lipinski definition) is 5. The van der Waals surface area contributed by atoms with E-state index in [9.17, 15) is 9.59 Å². The fourth-order valence-corrected chi connectivity index (χ4v) is 4.55. The number of hydrogen-bond donors (Lipinski definition) is 1. The second-order valence-electron chi connectivity index (χ2n) is 7.39. The minimum atomic E-state index is -0.252. The molecule has 2 heterocycles. The molecule has 0 unspecified atom stereocenters. The minimum absolute atomic E-state index is 0.0158. The van der Waals surface area contributed by atoms with Crippen molar-refractivity contribution in [3.8, 4) is 5.75 Å². The smallest absolute Gasteiger partial charge is 0.264 e. The van der Waals surface area contributed by atoms with E-state index in [1.807, 2.05) is 61.2 Å². The summed E-state index contributed by atoms with van der Waals surface area (Å²) in [5.41, 5.74) is 3.81. The topological polar surface area (TPSA) is 71.5 Å². The Bertz CT molecular complexity index is 1060. The van der Waals surface area contributed by atoms with E-state index >= 15 is 0 Å². The summed E-state index contributed by atoms with van der Waals surface area (Å²) in [6, 6.07) is 15.1. The number of ether oxygens (including phenoxy) is 1. The van der Waals surface area contributed by atoms with E-state index in [-0.39, 0.29) is 18.4 Å². The molecule has 2 amide bonds. The summed E-state index contributed by atoms with van der Waals surface area (Å²) in [6.07, 6.45) is 0.680. The van der Waals surface area contributed by atoms with E-state index in [0.717, 1.165) is 21.7 Å². The highest BCUT2D eigenvalue weighted by atomic mass is 32.1. The van der Waals surface area contributed by atoms with Gasteiger partial charge in [0, 0.05) is 23.4 Å². The Kier molecular flexibility index (Phi) is 5.81. The van der Waals surface area contributed by atoms with Gasteiger partial charge in [-0.15, -0.1) is 0 Å². The molecule has 0 saturated carbocycles. The van der Waals surface area contributed by atoms with Crippen LogP contribution >= 0.6 is 11.3 Å². The molecule has 4 rings (SSSR count). The molecule has 1 aromatic heterocycles. The highest BCUT2D eigenvalue weighted by Crippen LogP contribution is 2.29. The summed E-state index contributed by atoms with van der Waals surface area (Å²) >= 11 is 1.41. The first-order valence-corrected chi connectivity index (χ1v) is 10.6. The quantitative estimate of drug-likeness (QED) is 0.677. The number of benzene rings is 2. The predicted octanol–water partition coefficient (Wildman–Crippen LogP) is 3.98. The lowest BCUT2D eigenvalue weighted by Crippen LogP contribution is -2.35. The Hall–Kier alpha value is -3.19. The second kappa shape index (κ2) is 8.67. The zero-order valence-electron chi connectivity index (χ0n) is 17.0. The van der Waals surface area contributed by atoms with E-state index in [4.69, 9.17) is 4.74 Å². The third-order valence-corrected chi connectivity index (χ3v) is 5.85. The molecule has 30 heavy (non-hydrogen) atoms. The van der Waals surface area contributed by atoms with Crippen LogP contribution in [0, 0.1) is 13.8 Å². The first kappa shape index (κ1) is 20.1. The van der Waals surface area contributed by atoms with Gasteiger partial charge in [-0.25, -0.2) is 4.98 Å². The molecule has 3 aromatic rings. The summed E-state index contributed by atoms with van der Waals surface area (Å²) in [5, 5.41) is 3.36. The van der Waals surface area contributed by atoms with Crippen molar-refractivity contribution in [3.05, 3.63) is 75.8 Å². The van der Waals surface area contributed by atoms with Crippen molar-refractivity contribution in [2.45, 2.75) is 26.8 Å². The molecule has 0 radical (unpaired) electrons. The molecule has 1 aliphatic rings. The van der Waals surface area contributed by atoms with Crippen LogP contribution in [0.15, 0.2) is 48.5 Å². The van der Waals surface area contributed by atoms with Gasteiger partial charge in [-0.1, -0.05) is 35.6 Å². The molecule has 0 aliphatic carbocycles. The van der Waals surface area contributed by atoms with Gasteiger partial charge >= 0.3 is 0 Å². The number of carbonyl (C=O) groups excluding carboxylic acids is 2. The van der Waals surface area contributed by atoms with Gasteiger partial charge < -0.3 is 9.64 Å². The molecule has 0 spiro atoms. The summed E-state index contributed by atoms with van der Waals surface area (Å²) in [6.45, 7) is 5.03. The maximum absolute atomic E-state index is 12.7. The molecule has 2 aromatic carbocycles. The Morgan fingerprint density at radius 3 is 2.60 bits per heavy atom. The number of fused-ring (bicyclic) bond motifs is 1. The zero-order valence-corrected chi connectivity index (χ0v) is 17.8. The Balaban J connectivity index is 1.35. The zero-order chi connectivity index (χ0) is 21.1. The van der Waals surface area contributed by atoms with Crippen LogP contribution < -0.4 is 10.1 Å². The van der Waals surface area contributed by atoms with E-state index in [1.54, 1.807) is 0 Å². The molecular formula is C23H23N3O3S. The van der Waals surface area contributed by atoms with Crippen molar-refractivity contribution in [3.63, 3.8) is 0 Å². The van der Waals surface area contributed by atoms with Crippen molar-refractivity contribution in [2.75, 3.05) is 18.5 Å². The standard InChI is InChI=1S/C23H23N3O3S/c1-15-10-16(2)12-18(11-15)29-14-21(27)25-23-24-19-8-9-26(13-20(19)30-23)22(28)17-6-4-3-5-7-17/h3-7,10-12H,8-9,13-14H2,1-2H3,(H,24,25,27). The average molecular weight is 422 g/mol. The molecule has 0 bridgehead atoms. The lowest BCUT2D eigenvalue weighted by molar-refractivity contribution is -0.118. The fraction of sp³-hybridized carbons (Fsp3) is 0.261. The Labute approximate surface area is 179 Å². The van der Waals surface area contributed by atoms with Crippen LogP contribution in [0.1, 0.15) is 32.1 Å². The normalized spacial score (nSPS) is 12.9. The number of aryl methyl sites for hydroxylation is 2. The lowest BCUT2D eigenvalue weighted by atomic mass is 10.1. The van der Waals surface area contributed by atoms with E-state index in [2.05, 4.69) is 16.4 Å². The van der Waals surface area contributed by atoms with Crippen molar-refractivity contribution in [2.24, 2.45) is 0 Å². The lowest BCUT2D eigenvalue weighted by Gasteiger charge is -2.26. The first-order chi connectivity index (χ1) is 14.5. The number of nitrogens with one attached hydrogen (secondary N) is 1. The fourth-order valence-electron chi connectivity index (χ4n) is 3.51. The monoisotopic (exact) mass is 421 g/mol. The van der Waals surface area contributed by atoms with Gasteiger partial charge in [0.15, 0.2) is 11.7 Å². The number of nitrogens with zero attached hydrogens (tertiary/aromatic N) is 2. The van der Waals surface area contributed by atoms with Gasteiger partial charge in [0.25, 0.3) is 11.8 Å². The number of carbonyl (C=O) groups is 2. The highest BCUT2D eigenvalue weighted by Gasteiger charge is 2.25. The van der Waals surface area contributed by atoms with Gasteiger partial charge in [0.2, 0.25) is 0 Å². The van der Waals surface area contributed by atoms with Crippen LogP contribution in [-0.4, -0.2) is 34.8 Å². The third-order valence-electron chi connectivity index (χ3n) is 4.85. The summed E-state index contributed by atoms with van der Waals surface area (Å²) in [4.78, 5) is 32.3. The molecule has 6 nitrogen and oxygen atoms in total. The molecule has 1 aliphatic heterocycles. The Morgan fingerprint density at radius 1 is 1.13 bits per heavy atom. The van der Waals surface area contributed by atoms with E-state index in [1.165, 1.54) is 11.3 Å². The summed E-state index contributed by atoms with van der Waals surface area (Å²) in [7, 11) is 0. The number of thiazole rings is 1. The van der Waals surface area contributed by atoms with Gasteiger partial charge in [-0.05, 0) is 49.2 Å². The molecular weight excluding hydrogens is 398 g/mol. The van der Waals surface area contributed by atoms with Gasteiger partial charge in [-0.2, -0.15) is 0 Å². The second-order valence-corrected chi connectivity index (χ2v) is 8.48. The van der Waals surface area contributed by atoms with Crippen LogP contribution in [-0.2, 0) is 17.8 Å². The van der Waals surface area contributed by atoms with Crippen LogP contribution in [0.4, 0.5) is 5.13 Å². The number of aromatic nitrogens is 1. The molecule has 0 atom stereocenters. The minimum Gasteiger partial charge on any atom is -0.484 e. The van der Waals surface area contributed by atoms with Crippen molar-refractivity contribution < 1.29 is 14.3 Å². The van der Waals surface area contributed by atoms with E-state index < -0.39 is 0 Å². The maximum Gasteiger partial charge on any atom is 0.264 e. The van der Waals surface area contributed by atoms with Gasteiger partial charge in [0.1, 0.15) is 5.75 Å². The van der Waals surface area contributed by atoms with Gasteiger partial charge in [0.05, 0.1) is 12.2 Å². The average Bonchev–Trinajstić information content (AvgIpc) is 3.13. The van der Waals surface area contributed by atoms with Crippen LogP contribution in [0.3, 0.4) is 0 Å². The summed E-state index contributed by atoms with van der Waals surface area (Å²) in [5.74, 6) is 0.440. The number of amides is 2. The molecule has 1 N–H and O–H groups in total. The summed E-state index contributed by atoms with van der Waals surface area (Å²) < 4.78 is 5.61. The Morgan fingerprint density at radius 2 is 1.87 bits per heavy atom. The number of anilines is 1. The molecule has 0 saturated heterocycles. The van der Waals surface area contributed by atoms with Crippen LogP contribution in [0.25, 0.3) is 0 Å². The highest BCUT2D eigenvalue weighted by molar-refractivity contribution is 7.15. The third kappa shape index (κ3) is 4.68. The SMILES string of the molecule is Cc1cc(C)cc(OCC(=O)Nc2nc3c(s2)CN(C(=O)c2ccccc2)CC3)c1. The van der Waals surface area contributed by atoms with Crippen LogP contribution in [0.2, 0.25) is 0 Å². The number of rotatable bonds is 5.